The molecule has 3 aromatic rings. The van der Waals surface area contributed by atoms with E-state index in [0.717, 1.165) is 6.07 Å². The number of anilines is 1. The predicted molar refractivity (Wildman–Crippen MR) is 96.2 cm³/mol. The molecule has 0 spiro atoms. The topological polar surface area (TPSA) is 88.9 Å². The van der Waals surface area contributed by atoms with Crippen LogP contribution in [0.3, 0.4) is 0 Å². The van der Waals surface area contributed by atoms with Crippen LogP contribution < -0.4 is 10.0 Å². The highest BCUT2D eigenvalue weighted by molar-refractivity contribution is 7.89. The molecule has 9 heteroatoms. The summed E-state index contributed by atoms with van der Waals surface area (Å²) in [6, 6.07) is 10.9. The molecule has 0 fully saturated rings. The fourth-order valence-corrected chi connectivity index (χ4v) is 3.67. The monoisotopic (exact) mass is 375 g/mol. The molecule has 1 aromatic carbocycles. The molecular formula is C17H18FN5O2S. The summed E-state index contributed by atoms with van der Waals surface area (Å²) in [7, 11) is -3.69. The van der Waals surface area contributed by atoms with Crippen LogP contribution in [-0.4, -0.2) is 36.3 Å². The van der Waals surface area contributed by atoms with Crippen LogP contribution in [0.15, 0.2) is 59.8 Å². The number of hydrogen-bond donors (Lipinski definition) is 2. The molecule has 0 atom stereocenters. The van der Waals surface area contributed by atoms with Crippen LogP contribution in [0.2, 0.25) is 0 Å². The van der Waals surface area contributed by atoms with Crippen molar-refractivity contribution < 1.29 is 12.8 Å². The van der Waals surface area contributed by atoms with Gasteiger partial charge in [0.1, 0.15) is 11.6 Å². The molecule has 0 aliphatic heterocycles. The molecule has 0 aliphatic rings. The van der Waals surface area contributed by atoms with Crippen LogP contribution in [0.5, 0.6) is 0 Å². The van der Waals surface area contributed by atoms with Gasteiger partial charge in [-0.3, -0.25) is 0 Å². The Bertz CT molecular complexity index is 973. The maximum absolute atomic E-state index is 13.1. The zero-order chi connectivity index (χ0) is 18.6. The van der Waals surface area contributed by atoms with Gasteiger partial charge in [0.2, 0.25) is 10.0 Å². The minimum absolute atomic E-state index is 0.0646. The third kappa shape index (κ3) is 4.24. The van der Waals surface area contributed by atoms with Crippen molar-refractivity contribution in [3.05, 3.63) is 66.2 Å². The number of benzene rings is 1. The van der Waals surface area contributed by atoms with E-state index in [2.05, 4.69) is 20.2 Å². The van der Waals surface area contributed by atoms with Crippen LogP contribution in [0.1, 0.15) is 5.56 Å². The van der Waals surface area contributed by atoms with Gasteiger partial charge in [-0.05, 0) is 55.0 Å². The number of aryl methyl sites for hydroxylation is 1. The number of aromatic nitrogens is 3. The highest BCUT2D eigenvalue weighted by Gasteiger charge is 2.16. The SMILES string of the molecule is Cc1cc(F)ccc1S(=O)(=O)NCCNc1ccc(-n2cccc2)nn1. The summed E-state index contributed by atoms with van der Waals surface area (Å²) in [5, 5.41) is 11.1. The summed E-state index contributed by atoms with van der Waals surface area (Å²) >= 11 is 0. The number of sulfonamides is 1. The average Bonchev–Trinajstić information content (AvgIpc) is 3.13. The lowest BCUT2D eigenvalue weighted by Crippen LogP contribution is -2.29. The lowest BCUT2D eigenvalue weighted by molar-refractivity contribution is 0.581. The smallest absolute Gasteiger partial charge is 0.240 e. The molecule has 2 heterocycles. The lowest BCUT2D eigenvalue weighted by atomic mass is 10.2. The van der Waals surface area contributed by atoms with Gasteiger partial charge in [0.15, 0.2) is 5.82 Å². The standard InChI is InChI=1S/C17H18FN5O2S/c1-13-12-14(18)4-5-15(13)26(24,25)20-9-8-19-16-6-7-17(22-21-16)23-10-2-3-11-23/h2-7,10-12,20H,8-9H2,1H3,(H,19,21). The zero-order valence-corrected chi connectivity index (χ0v) is 14.9. The molecular weight excluding hydrogens is 357 g/mol. The summed E-state index contributed by atoms with van der Waals surface area (Å²) in [6.07, 6.45) is 3.73. The first-order valence-corrected chi connectivity index (χ1v) is 9.41. The molecule has 0 bridgehead atoms. The summed E-state index contributed by atoms with van der Waals surface area (Å²) < 4.78 is 41.9. The van der Waals surface area contributed by atoms with Gasteiger partial charge in [0.25, 0.3) is 0 Å². The molecule has 0 aliphatic carbocycles. The predicted octanol–water partition coefficient (Wildman–Crippen LogP) is 2.11. The van der Waals surface area contributed by atoms with Crippen molar-refractivity contribution in [2.24, 2.45) is 0 Å². The Morgan fingerprint density at radius 3 is 2.50 bits per heavy atom. The van der Waals surface area contributed by atoms with Gasteiger partial charge in [-0.1, -0.05) is 0 Å². The lowest BCUT2D eigenvalue weighted by Gasteiger charge is -2.10. The van der Waals surface area contributed by atoms with Crippen molar-refractivity contribution in [2.45, 2.75) is 11.8 Å². The van der Waals surface area contributed by atoms with E-state index < -0.39 is 15.8 Å². The maximum Gasteiger partial charge on any atom is 0.240 e. The van der Waals surface area contributed by atoms with Gasteiger partial charge in [-0.25, -0.2) is 17.5 Å². The Morgan fingerprint density at radius 2 is 1.85 bits per heavy atom. The molecule has 0 amide bonds. The van der Waals surface area contributed by atoms with Crippen molar-refractivity contribution in [3.63, 3.8) is 0 Å². The highest BCUT2D eigenvalue weighted by atomic mass is 32.2. The van der Waals surface area contributed by atoms with E-state index in [-0.39, 0.29) is 11.4 Å². The minimum atomic E-state index is -3.69. The van der Waals surface area contributed by atoms with Crippen LogP contribution in [-0.2, 0) is 10.0 Å². The Hall–Kier alpha value is -2.78. The molecule has 26 heavy (non-hydrogen) atoms. The van der Waals surface area contributed by atoms with Crippen molar-refractivity contribution in [1.82, 2.24) is 19.5 Å². The van der Waals surface area contributed by atoms with E-state index in [1.54, 1.807) is 19.1 Å². The largest absolute Gasteiger partial charge is 0.367 e. The second-order valence-electron chi connectivity index (χ2n) is 5.60. The Morgan fingerprint density at radius 1 is 1.08 bits per heavy atom. The first-order valence-electron chi connectivity index (χ1n) is 7.92. The van der Waals surface area contributed by atoms with Crippen molar-refractivity contribution in [2.75, 3.05) is 18.4 Å². The maximum atomic E-state index is 13.1. The average molecular weight is 375 g/mol. The highest BCUT2D eigenvalue weighted by Crippen LogP contribution is 2.15. The fourth-order valence-electron chi connectivity index (χ4n) is 2.41. The minimum Gasteiger partial charge on any atom is -0.367 e. The summed E-state index contributed by atoms with van der Waals surface area (Å²) in [5.74, 6) is 0.760. The summed E-state index contributed by atoms with van der Waals surface area (Å²) in [4.78, 5) is 0.0646. The molecule has 136 valence electrons. The number of halogens is 1. The Labute approximate surface area is 150 Å². The molecule has 3 rings (SSSR count). The molecule has 2 aromatic heterocycles. The molecule has 0 saturated heterocycles. The van der Waals surface area contributed by atoms with Crippen LogP contribution in [0.4, 0.5) is 10.2 Å². The van der Waals surface area contributed by atoms with Gasteiger partial charge in [0, 0.05) is 25.5 Å². The fraction of sp³-hybridized carbons (Fsp3) is 0.176. The Kier molecular flexibility index (Phi) is 5.29. The second kappa shape index (κ2) is 7.63. The normalized spacial score (nSPS) is 11.5. The van der Waals surface area contributed by atoms with E-state index >= 15 is 0 Å². The molecule has 0 radical (unpaired) electrons. The molecule has 7 nitrogen and oxygen atoms in total. The van der Waals surface area contributed by atoms with Gasteiger partial charge >= 0.3 is 0 Å². The van der Waals surface area contributed by atoms with E-state index in [9.17, 15) is 12.8 Å². The van der Waals surface area contributed by atoms with Crippen molar-refractivity contribution in [3.8, 4) is 5.82 Å². The third-order valence-corrected chi connectivity index (χ3v) is 5.29. The Balaban J connectivity index is 1.53. The number of rotatable bonds is 7. The zero-order valence-electron chi connectivity index (χ0n) is 14.1. The molecule has 0 saturated carbocycles. The third-order valence-electron chi connectivity index (χ3n) is 3.67. The summed E-state index contributed by atoms with van der Waals surface area (Å²) in [5.41, 5.74) is 0.358. The van der Waals surface area contributed by atoms with E-state index in [1.165, 1.54) is 12.1 Å². The van der Waals surface area contributed by atoms with Gasteiger partial charge in [0.05, 0.1) is 4.90 Å². The van der Waals surface area contributed by atoms with Crippen molar-refractivity contribution in [1.29, 1.82) is 0 Å². The molecule has 2 N–H and O–H groups in total. The van der Waals surface area contributed by atoms with Gasteiger partial charge in [-0.15, -0.1) is 10.2 Å². The van der Waals surface area contributed by atoms with E-state index in [0.29, 0.717) is 23.7 Å². The number of nitrogens with one attached hydrogen (secondary N) is 2. The first kappa shape index (κ1) is 18.0. The summed E-state index contributed by atoms with van der Waals surface area (Å²) in [6.45, 7) is 2.04. The number of nitrogens with zero attached hydrogens (tertiary/aromatic N) is 3. The quantitative estimate of drug-likeness (QED) is 0.618. The molecule has 0 unspecified atom stereocenters. The second-order valence-corrected chi connectivity index (χ2v) is 7.34. The van der Waals surface area contributed by atoms with Gasteiger partial charge in [-0.2, -0.15) is 0 Å². The van der Waals surface area contributed by atoms with E-state index in [1.807, 2.05) is 29.1 Å². The first-order chi connectivity index (χ1) is 12.5. The van der Waals surface area contributed by atoms with Crippen LogP contribution >= 0.6 is 0 Å². The van der Waals surface area contributed by atoms with Crippen LogP contribution in [0.25, 0.3) is 5.82 Å². The number of hydrogen-bond acceptors (Lipinski definition) is 5. The van der Waals surface area contributed by atoms with Crippen molar-refractivity contribution >= 4 is 15.8 Å². The van der Waals surface area contributed by atoms with Crippen LogP contribution in [0, 0.1) is 12.7 Å². The van der Waals surface area contributed by atoms with Gasteiger partial charge < -0.3 is 9.88 Å². The van der Waals surface area contributed by atoms with E-state index in [4.69, 9.17) is 0 Å².